The highest BCUT2D eigenvalue weighted by atomic mass is 19.3. The molecule has 0 radical (unpaired) electrons. The van der Waals surface area contributed by atoms with Gasteiger partial charge in [0.05, 0.1) is 16.8 Å². The summed E-state index contributed by atoms with van der Waals surface area (Å²) in [6.45, 7) is 1.33. The first kappa shape index (κ1) is 17.6. The van der Waals surface area contributed by atoms with E-state index in [-0.39, 0.29) is 11.1 Å². The molecule has 2 aromatic heterocycles. The third kappa shape index (κ3) is 2.18. The highest BCUT2D eigenvalue weighted by Crippen LogP contribution is 2.64. The molecule has 140 valence electrons. The van der Waals surface area contributed by atoms with E-state index in [0.717, 1.165) is 12.3 Å². The Morgan fingerprint density at radius 1 is 0.852 bits per heavy atom. The van der Waals surface area contributed by atoms with Crippen LogP contribution in [-0.4, -0.2) is 22.8 Å². The summed E-state index contributed by atoms with van der Waals surface area (Å²) in [6.07, 6.45) is 1.08. The lowest BCUT2D eigenvalue weighted by Gasteiger charge is -2.25. The minimum atomic E-state index is -5.63. The Labute approximate surface area is 149 Å². The molecule has 3 aromatic rings. The van der Waals surface area contributed by atoms with Gasteiger partial charge < -0.3 is 4.42 Å². The Balaban J connectivity index is 2.11. The number of hydrogen-bond acceptors (Lipinski definition) is 2. The topological polar surface area (TPSA) is 26.0 Å². The van der Waals surface area contributed by atoms with Gasteiger partial charge in [-0.25, -0.2) is 0 Å². The van der Waals surface area contributed by atoms with Crippen molar-refractivity contribution in [2.24, 2.45) is 0 Å². The number of nitrogens with zero attached hydrogens (tertiary/aromatic N) is 1. The molecule has 0 N–H and O–H groups in total. The van der Waals surface area contributed by atoms with Crippen molar-refractivity contribution in [1.29, 1.82) is 0 Å². The molecule has 1 aromatic carbocycles. The molecular formula is C19H11F6NO. The summed E-state index contributed by atoms with van der Waals surface area (Å²) in [5, 5.41) is 0.325. The Morgan fingerprint density at radius 2 is 1.52 bits per heavy atom. The average molecular weight is 383 g/mol. The zero-order valence-corrected chi connectivity index (χ0v) is 13.7. The van der Waals surface area contributed by atoms with E-state index >= 15 is 0 Å². The van der Waals surface area contributed by atoms with Gasteiger partial charge in [-0.15, -0.1) is 0 Å². The molecule has 0 saturated carbocycles. The minimum absolute atomic E-state index is 0.0642. The van der Waals surface area contributed by atoms with Gasteiger partial charge in [-0.05, 0) is 30.7 Å². The first-order valence-corrected chi connectivity index (χ1v) is 7.88. The van der Waals surface area contributed by atoms with Crippen LogP contribution in [0.4, 0.5) is 26.3 Å². The number of halogens is 6. The van der Waals surface area contributed by atoms with E-state index in [2.05, 4.69) is 4.98 Å². The third-order valence-corrected chi connectivity index (χ3v) is 4.58. The number of aromatic nitrogens is 1. The van der Waals surface area contributed by atoms with Crippen molar-refractivity contribution in [1.82, 2.24) is 4.98 Å². The molecule has 0 amide bonds. The third-order valence-electron chi connectivity index (χ3n) is 4.58. The van der Waals surface area contributed by atoms with E-state index in [4.69, 9.17) is 4.42 Å². The molecule has 0 atom stereocenters. The van der Waals surface area contributed by atoms with E-state index in [1.54, 1.807) is 12.1 Å². The van der Waals surface area contributed by atoms with Crippen molar-refractivity contribution >= 4 is 22.1 Å². The SMILES string of the molecule is Cc1cccnc1C1=C(c2cc3ccccc3o2)C(F)(F)C(F)(F)C1(F)F. The average Bonchev–Trinajstić information content (AvgIpc) is 3.06. The Morgan fingerprint density at radius 3 is 2.19 bits per heavy atom. The van der Waals surface area contributed by atoms with Crippen LogP contribution in [0.2, 0.25) is 0 Å². The molecule has 2 heterocycles. The predicted octanol–water partition coefficient (Wildman–Crippen LogP) is 5.97. The van der Waals surface area contributed by atoms with Crippen LogP contribution in [0.5, 0.6) is 0 Å². The Kier molecular flexibility index (Phi) is 3.51. The second kappa shape index (κ2) is 5.37. The second-order valence-corrected chi connectivity index (χ2v) is 6.29. The van der Waals surface area contributed by atoms with Crippen molar-refractivity contribution in [3.8, 4) is 0 Å². The highest BCUT2D eigenvalue weighted by molar-refractivity contribution is 6.01. The molecular weight excluding hydrogens is 372 g/mol. The summed E-state index contributed by atoms with van der Waals surface area (Å²) in [4.78, 5) is 3.67. The molecule has 0 spiro atoms. The van der Waals surface area contributed by atoms with Gasteiger partial charge in [0, 0.05) is 11.6 Å². The number of allylic oxidation sites excluding steroid dienone is 2. The van der Waals surface area contributed by atoms with Crippen LogP contribution in [0.3, 0.4) is 0 Å². The number of furan rings is 1. The fourth-order valence-electron chi connectivity index (χ4n) is 3.22. The van der Waals surface area contributed by atoms with Crippen LogP contribution in [-0.2, 0) is 0 Å². The first-order valence-electron chi connectivity index (χ1n) is 7.88. The van der Waals surface area contributed by atoms with Gasteiger partial charge in [-0.1, -0.05) is 24.3 Å². The van der Waals surface area contributed by atoms with Crippen molar-refractivity contribution in [3.63, 3.8) is 0 Å². The van der Waals surface area contributed by atoms with E-state index < -0.39 is 40.4 Å². The summed E-state index contributed by atoms with van der Waals surface area (Å²) < 4.78 is 91.8. The summed E-state index contributed by atoms with van der Waals surface area (Å²) >= 11 is 0. The molecule has 0 unspecified atom stereocenters. The molecule has 8 heteroatoms. The predicted molar refractivity (Wildman–Crippen MR) is 86.8 cm³/mol. The minimum Gasteiger partial charge on any atom is -0.456 e. The molecule has 0 saturated heterocycles. The standard InChI is InChI=1S/C19H11F6NO/c1-10-5-4-8-26-16(10)15-14(17(20,21)19(24,25)18(15,22)23)13-9-11-6-2-3-7-12(11)27-13/h2-9H,1H3. The monoisotopic (exact) mass is 383 g/mol. The molecule has 0 aliphatic heterocycles. The van der Waals surface area contributed by atoms with E-state index in [9.17, 15) is 26.3 Å². The molecule has 0 fully saturated rings. The van der Waals surface area contributed by atoms with Crippen molar-refractivity contribution in [2.75, 3.05) is 0 Å². The number of aryl methyl sites for hydroxylation is 1. The molecule has 1 aliphatic rings. The quantitative estimate of drug-likeness (QED) is 0.510. The molecule has 2 nitrogen and oxygen atoms in total. The maximum atomic E-state index is 14.6. The zero-order chi connectivity index (χ0) is 19.6. The van der Waals surface area contributed by atoms with Gasteiger partial charge in [0.2, 0.25) is 0 Å². The lowest BCUT2D eigenvalue weighted by molar-refractivity contribution is -0.254. The lowest BCUT2D eigenvalue weighted by atomic mass is 9.99. The van der Waals surface area contributed by atoms with E-state index in [1.807, 2.05) is 0 Å². The fraction of sp³-hybridized carbons (Fsp3) is 0.211. The number of hydrogen-bond donors (Lipinski definition) is 0. The van der Waals surface area contributed by atoms with Crippen LogP contribution in [0.1, 0.15) is 17.0 Å². The molecule has 4 rings (SSSR count). The molecule has 27 heavy (non-hydrogen) atoms. The normalized spacial score (nSPS) is 20.4. The fourth-order valence-corrected chi connectivity index (χ4v) is 3.22. The number of para-hydroxylation sites is 1. The lowest BCUT2D eigenvalue weighted by Crippen LogP contribution is -2.49. The number of alkyl halides is 6. The Bertz CT molecular complexity index is 1050. The number of benzene rings is 1. The van der Waals surface area contributed by atoms with E-state index in [0.29, 0.717) is 5.39 Å². The van der Waals surface area contributed by atoms with Crippen molar-refractivity contribution < 1.29 is 30.8 Å². The van der Waals surface area contributed by atoms with Gasteiger partial charge in [0.25, 0.3) is 0 Å². The van der Waals surface area contributed by atoms with Gasteiger partial charge in [0.15, 0.2) is 0 Å². The molecule has 0 bridgehead atoms. The molecule has 1 aliphatic carbocycles. The summed E-state index contributed by atoms with van der Waals surface area (Å²) in [6, 6.07) is 9.82. The number of fused-ring (bicyclic) bond motifs is 1. The summed E-state index contributed by atoms with van der Waals surface area (Å²) in [7, 11) is 0. The number of pyridine rings is 1. The van der Waals surface area contributed by atoms with Crippen LogP contribution in [0.25, 0.3) is 22.1 Å². The van der Waals surface area contributed by atoms with Gasteiger partial charge in [-0.3, -0.25) is 4.98 Å². The maximum Gasteiger partial charge on any atom is 0.380 e. The second-order valence-electron chi connectivity index (χ2n) is 6.29. The van der Waals surface area contributed by atoms with E-state index in [1.165, 1.54) is 31.2 Å². The van der Waals surface area contributed by atoms with Crippen LogP contribution >= 0.6 is 0 Å². The van der Waals surface area contributed by atoms with Crippen molar-refractivity contribution in [2.45, 2.75) is 24.7 Å². The van der Waals surface area contributed by atoms with Gasteiger partial charge in [0.1, 0.15) is 11.3 Å². The summed E-state index contributed by atoms with van der Waals surface area (Å²) in [5.74, 6) is -16.7. The highest BCUT2D eigenvalue weighted by Gasteiger charge is 2.81. The summed E-state index contributed by atoms with van der Waals surface area (Å²) in [5.41, 5.74) is -3.50. The van der Waals surface area contributed by atoms with Gasteiger partial charge >= 0.3 is 17.8 Å². The first-order chi connectivity index (χ1) is 12.6. The maximum absolute atomic E-state index is 14.6. The smallest absolute Gasteiger partial charge is 0.380 e. The van der Waals surface area contributed by atoms with Crippen molar-refractivity contribution in [3.05, 3.63) is 65.7 Å². The zero-order valence-electron chi connectivity index (χ0n) is 13.7. The largest absolute Gasteiger partial charge is 0.456 e. The Hall–Kier alpha value is -2.77. The van der Waals surface area contributed by atoms with Crippen LogP contribution < -0.4 is 0 Å². The number of rotatable bonds is 2. The van der Waals surface area contributed by atoms with Crippen LogP contribution in [0.15, 0.2) is 53.1 Å². The van der Waals surface area contributed by atoms with Gasteiger partial charge in [-0.2, -0.15) is 26.3 Å². The van der Waals surface area contributed by atoms with Crippen LogP contribution in [0, 0.1) is 6.92 Å².